The molecular weight excluding hydrogens is 222 g/mol. The molecule has 0 rings (SSSR count). The van der Waals surface area contributed by atoms with Gasteiger partial charge in [0.1, 0.15) is 0 Å². The van der Waals surface area contributed by atoms with Crippen LogP contribution in [0, 0.1) is 0 Å². The predicted octanol–water partition coefficient (Wildman–Crippen LogP) is 2.35. The van der Waals surface area contributed by atoms with Crippen LogP contribution in [0.25, 0.3) is 0 Å². The van der Waals surface area contributed by atoms with E-state index >= 15 is 0 Å². The molecule has 0 aromatic carbocycles. The summed E-state index contributed by atoms with van der Waals surface area (Å²) in [5.74, 6) is 0. The van der Waals surface area contributed by atoms with Crippen LogP contribution in [0.1, 0.15) is 13.8 Å². The van der Waals surface area contributed by atoms with E-state index in [1.165, 1.54) is 0 Å². The van der Waals surface area contributed by atoms with Gasteiger partial charge in [-0.15, -0.1) is 0 Å². The van der Waals surface area contributed by atoms with Crippen LogP contribution in [-0.4, -0.2) is 24.1 Å². The fourth-order valence-electron chi connectivity index (χ4n) is 0.789. The summed E-state index contributed by atoms with van der Waals surface area (Å²) >= 11 is -0.378. The zero-order chi connectivity index (χ0) is 6.57. The van der Waals surface area contributed by atoms with Crippen molar-refractivity contribution in [1.29, 1.82) is 0 Å². The molecule has 50 valence electrons. The monoisotopic (exact) mass is 238 g/mol. The third-order valence-electron chi connectivity index (χ3n) is 1.30. The molecule has 0 aliphatic heterocycles. The minimum atomic E-state index is -0.198. The summed E-state index contributed by atoms with van der Waals surface area (Å²) in [6, 6.07) is 0. The summed E-state index contributed by atoms with van der Waals surface area (Å²) in [5, 5.41) is 3.10. The van der Waals surface area contributed by atoms with E-state index < -0.39 is 0 Å². The SMILES string of the molecule is CC[As](CC)=[As](C)C. The van der Waals surface area contributed by atoms with Crippen LogP contribution in [0.3, 0.4) is 0 Å². The van der Waals surface area contributed by atoms with Crippen molar-refractivity contribution in [2.45, 2.75) is 35.7 Å². The van der Waals surface area contributed by atoms with Gasteiger partial charge in [-0.1, -0.05) is 0 Å². The van der Waals surface area contributed by atoms with Crippen LogP contribution >= 0.6 is 0 Å². The molecule has 0 bridgehead atoms. The summed E-state index contributed by atoms with van der Waals surface area (Å²) < 4.78 is 0. The molecule has 8 heavy (non-hydrogen) atoms. The second-order valence-electron chi connectivity index (χ2n) is 1.99. The maximum atomic E-state index is 2.51. The van der Waals surface area contributed by atoms with Gasteiger partial charge in [-0.2, -0.15) is 0 Å². The van der Waals surface area contributed by atoms with Crippen LogP contribution in [0.15, 0.2) is 0 Å². The first-order valence-electron chi connectivity index (χ1n) is 3.14. The van der Waals surface area contributed by atoms with Crippen LogP contribution in [0.5, 0.6) is 0 Å². The Balaban J connectivity index is 3.86. The van der Waals surface area contributed by atoms with Gasteiger partial charge in [0, 0.05) is 0 Å². The molecule has 0 atom stereocenters. The Labute approximate surface area is 59.8 Å². The third-order valence-corrected chi connectivity index (χ3v) is 25.2. The predicted molar refractivity (Wildman–Crippen MR) is 44.2 cm³/mol. The molecule has 0 nitrogen and oxygen atoms in total. The van der Waals surface area contributed by atoms with Crippen molar-refractivity contribution in [1.82, 2.24) is 0 Å². The van der Waals surface area contributed by atoms with Gasteiger partial charge >= 0.3 is 59.8 Å². The molecule has 0 N–H and O–H groups in total. The van der Waals surface area contributed by atoms with Gasteiger partial charge in [0.05, 0.1) is 0 Å². The van der Waals surface area contributed by atoms with Crippen molar-refractivity contribution in [2.24, 2.45) is 0 Å². The van der Waals surface area contributed by atoms with Crippen molar-refractivity contribution in [3.8, 4) is 0 Å². The maximum absolute atomic E-state index is 2.51. The van der Waals surface area contributed by atoms with Gasteiger partial charge in [-0.3, -0.25) is 0 Å². The van der Waals surface area contributed by atoms with Crippen molar-refractivity contribution in [2.75, 3.05) is 0 Å². The molecule has 0 spiro atoms. The molecule has 0 saturated carbocycles. The third kappa shape index (κ3) is 3.20. The average molecular weight is 238 g/mol. The zero-order valence-corrected chi connectivity index (χ0v) is 10.1. The van der Waals surface area contributed by atoms with Crippen molar-refractivity contribution in [3.63, 3.8) is 0 Å². The zero-order valence-electron chi connectivity index (χ0n) is 6.31. The first-order chi connectivity index (χ1) is 3.72. The number of rotatable bonds is 2. The molecule has 0 aliphatic carbocycles. The van der Waals surface area contributed by atoms with Crippen molar-refractivity contribution >= 4 is 24.1 Å². The van der Waals surface area contributed by atoms with E-state index in [2.05, 4.69) is 25.3 Å². The van der Waals surface area contributed by atoms with Crippen LogP contribution in [0.2, 0.25) is 21.8 Å². The van der Waals surface area contributed by atoms with E-state index in [4.69, 9.17) is 0 Å². The molecule has 0 fully saturated rings. The summed E-state index contributed by atoms with van der Waals surface area (Å²) in [4.78, 5) is 0. The van der Waals surface area contributed by atoms with E-state index in [0.29, 0.717) is 0 Å². The Morgan fingerprint density at radius 3 is 1.38 bits per heavy atom. The molecule has 2 heteroatoms. The van der Waals surface area contributed by atoms with E-state index in [0.717, 1.165) is 0 Å². The topological polar surface area (TPSA) is 0 Å². The van der Waals surface area contributed by atoms with Gasteiger partial charge < -0.3 is 0 Å². The molecular formula is C6H16As2. The summed E-state index contributed by atoms with van der Waals surface area (Å²) in [5.41, 5.74) is 5.03. The average Bonchev–Trinajstić information content (AvgIpc) is 1.69. The Morgan fingerprint density at radius 1 is 1.00 bits per heavy atom. The van der Waals surface area contributed by atoms with Gasteiger partial charge in [0.25, 0.3) is 0 Å². The fourth-order valence-corrected chi connectivity index (χ4v) is 16.4. The Kier molecular flexibility index (Phi) is 5.64. The first-order valence-corrected chi connectivity index (χ1v) is 14.7. The van der Waals surface area contributed by atoms with Crippen LogP contribution in [0.4, 0.5) is 0 Å². The number of hydrogen-bond acceptors (Lipinski definition) is 0. The van der Waals surface area contributed by atoms with Crippen LogP contribution in [-0.2, 0) is 0 Å². The molecule has 0 unspecified atom stereocenters. The van der Waals surface area contributed by atoms with E-state index in [1.54, 1.807) is 10.4 Å². The molecule has 0 aliphatic rings. The number of hydrogen-bond donors (Lipinski definition) is 0. The van der Waals surface area contributed by atoms with E-state index in [9.17, 15) is 0 Å². The molecule has 0 amide bonds. The second kappa shape index (κ2) is 4.95. The fraction of sp³-hybridized carbons (Fsp3) is 1.00. The Morgan fingerprint density at radius 2 is 1.38 bits per heavy atom. The summed E-state index contributed by atoms with van der Waals surface area (Å²) in [7, 11) is 0. The summed E-state index contributed by atoms with van der Waals surface area (Å²) in [6.45, 7) is 4.75. The Hall–Kier alpha value is 1.12. The van der Waals surface area contributed by atoms with Crippen molar-refractivity contribution in [3.05, 3.63) is 0 Å². The van der Waals surface area contributed by atoms with E-state index in [-0.39, 0.29) is 24.1 Å². The summed E-state index contributed by atoms with van der Waals surface area (Å²) in [6.07, 6.45) is 0. The Bertz CT molecular complexity index is 84.7. The van der Waals surface area contributed by atoms with Gasteiger partial charge in [-0.25, -0.2) is 0 Å². The normalized spacial score (nSPS) is 9.00. The van der Waals surface area contributed by atoms with E-state index in [1.807, 2.05) is 0 Å². The molecule has 0 heterocycles. The first kappa shape index (κ1) is 9.12. The molecule has 2 radical (unpaired) electrons. The quantitative estimate of drug-likeness (QED) is 0.648. The van der Waals surface area contributed by atoms with Crippen molar-refractivity contribution < 1.29 is 0 Å². The van der Waals surface area contributed by atoms with Gasteiger partial charge in [0.2, 0.25) is 0 Å². The van der Waals surface area contributed by atoms with Gasteiger partial charge in [-0.05, 0) is 0 Å². The van der Waals surface area contributed by atoms with Gasteiger partial charge in [0.15, 0.2) is 0 Å². The second-order valence-corrected chi connectivity index (χ2v) is 25.2. The molecule has 0 saturated heterocycles. The standard InChI is InChI=1S/C6H16As2/c1-5-8(6-2)7(3)4/h5-6H2,1-4H3. The molecule has 0 aromatic rings. The minimum absolute atomic E-state index is 0.181. The van der Waals surface area contributed by atoms with Crippen LogP contribution < -0.4 is 0 Å². The molecule has 0 aromatic heterocycles.